The number of sulfonamides is 1. The lowest BCUT2D eigenvalue weighted by molar-refractivity contribution is 0.364. The summed E-state index contributed by atoms with van der Waals surface area (Å²) in [5.74, 6) is 0. The third-order valence-electron chi connectivity index (χ3n) is 1.82. The van der Waals surface area contributed by atoms with Gasteiger partial charge in [-0.2, -0.15) is 5.26 Å². The SMILES string of the molecule is CN(C)NS(=O)(=O)c1ccc(CC#N)cc1. The number of nitrogens with zero attached hydrogens (tertiary/aromatic N) is 2. The molecular weight excluding hydrogens is 226 g/mol. The van der Waals surface area contributed by atoms with Gasteiger partial charge in [-0.15, -0.1) is 4.83 Å². The van der Waals surface area contributed by atoms with E-state index in [9.17, 15) is 8.42 Å². The van der Waals surface area contributed by atoms with Gasteiger partial charge in [0.25, 0.3) is 10.0 Å². The molecule has 0 saturated carbocycles. The molecule has 0 radical (unpaired) electrons. The fourth-order valence-electron chi connectivity index (χ4n) is 1.17. The molecule has 0 saturated heterocycles. The minimum absolute atomic E-state index is 0.183. The Labute approximate surface area is 95.3 Å². The van der Waals surface area contributed by atoms with Gasteiger partial charge in [0.05, 0.1) is 17.4 Å². The number of rotatable bonds is 4. The Morgan fingerprint density at radius 2 is 1.88 bits per heavy atom. The number of benzene rings is 1. The second kappa shape index (κ2) is 5.07. The highest BCUT2D eigenvalue weighted by Crippen LogP contribution is 2.10. The smallest absolute Gasteiger partial charge is 0.237 e. The molecule has 5 nitrogen and oxygen atoms in total. The van der Waals surface area contributed by atoms with Gasteiger partial charge in [0, 0.05) is 14.1 Å². The summed E-state index contributed by atoms with van der Waals surface area (Å²) >= 11 is 0. The van der Waals surface area contributed by atoms with Crippen molar-refractivity contribution in [1.29, 1.82) is 5.26 Å². The highest BCUT2D eigenvalue weighted by Gasteiger charge is 2.13. The first-order chi connectivity index (χ1) is 7.45. The van der Waals surface area contributed by atoms with Gasteiger partial charge in [0.1, 0.15) is 0 Å². The van der Waals surface area contributed by atoms with E-state index in [2.05, 4.69) is 4.83 Å². The van der Waals surface area contributed by atoms with Crippen LogP contribution in [0.2, 0.25) is 0 Å². The summed E-state index contributed by atoms with van der Waals surface area (Å²) in [5, 5.41) is 9.84. The quantitative estimate of drug-likeness (QED) is 0.777. The van der Waals surface area contributed by atoms with Gasteiger partial charge in [0.2, 0.25) is 0 Å². The van der Waals surface area contributed by atoms with Gasteiger partial charge in [-0.3, -0.25) is 0 Å². The van der Waals surface area contributed by atoms with Crippen molar-refractivity contribution in [3.05, 3.63) is 29.8 Å². The second-order valence-electron chi connectivity index (χ2n) is 3.47. The monoisotopic (exact) mass is 239 g/mol. The summed E-state index contributed by atoms with van der Waals surface area (Å²) in [6.45, 7) is 0. The lowest BCUT2D eigenvalue weighted by atomic mass is 10.2. The highest BCUT2D eigenvalue weighted by molar-refractivity contribution is 7.89. The van der Waals surface area contributed by atoms with Crippen molar-refractivity contribution in [1.82, 2.24) is 9.84 Å². The minimum Gasteiger partial charge on any atom is -0.237 e. The van der Waals surface area contributed by atoms with Crippen molar-refractivity contribution in [3.8, 4) is 6.07 Å². The molecule has 86 valence electrons. The fraction of sp³-hybridized carbons (Fsp3) is 0.300. The molecule has 0 atom stereocenters. The molecule has 0 aliphatic heterocycles. The summed E-state index contributed by atoms with van der Waals surface area (Å²) in [7, 11) is -0.301. The molecule has 0 fully saturated rings. The average molecular weight is 239 g/mol. The molecule has 0 aliphatic carbocycles. The molecule has 0 unspecified atom stereocenters. The van der Waals surface area contributed by atoms with E-state index in [1.165, 1.54) is 17.1 Å². The van der Waals surface area contributed by atoms with Crippen molar-refractivity contribution >= 4 is 10.0 Å². The molecule has 0 spiro atoms. The van der Waals surface area contributed by atoms with Crippen molar-refractivity contribution in [3.63, 3.8) is 0 Å². The van der Waals surface area contributed by atoms with Crippen LogP contribution in [0.4, 0.5) is 0 Å². The zero-order valence-electron chi connectivity index (χ0n) is 9.14. The van der Waals surface area contributed by atoms with Crippen molar-refractivity contribution in [2.45, 2.75) is 11.3 Å². The number of hydrogen-bond acceptors (Lipinski definition) is 4. The van der Waals surface area contributed by atoms with Crippen LogP contribution in [0.5, 0.6) is 0 Å². The zero-order chi connectivity index (χ0) is 12.2. The maximum atomic E-state index is 11.7. The van der Waals surface area contributed by atoms with Gasteiger partial charge >= 0.3 is 0 Å². The molecule has 0 aliphatic rings. The molecule has 16 heavy (non-hydrogen) atoms. The molecule has 1 rings (SSSR count). The highest BCUT2D eigenvalue weighted by atomic mass is 32.2. The minimum atomic E-state index is -3.50. The summed E-state index contributed by atoms with van der Waals surface area (Å²) in [4.78, 5) is 2.51. The summed E-state index contributed by atoms with van der Waals surface area (Å²) in [5.41, 5.74) is 0.798. The molecule has 0 amide bonds. The summed E-state index contributed by atoms with van der Waals surface area (Å²) in [6.07, 6.45) is 0.279. The van der Waals surface area contributed by atoms with E-state index in [1.807, 2.05) is 6.07 Å². The Balaban J connectivity index is 2.94. The van der Waals surface area contributed by atoms with E-state index in [-0.39, 0.29) is 11.3 Å². The average Bonchev–Trinajstić information content (AvgIpc) is 2.17. The summed E-state index contributed by atoms with van der Waals surface area (Å²) in [6, 6.07) is 8.24. The number of hydrogen-bond donors (Lipinski definition) is 1. The number of nitriles is 1. The van der Waals surface area contributed by atoms with Crippen LogP contribution in [0.1, 0.15) is 5.56 Å². The van der Waals surface area contributed by atoms with Crippen LogP contribution in [-0.2, 0) is 16.4 Å². The first kappa shape index (κ1) is 12.6. The third-order valence-corrected chi connectivity index (χ3v) is 3.32. The maximum Gasteiger partial charge on any atom is 0.253 e. The Bertz CT molecular complexity index is 486. The van der Waals surface area contributed by atoms with E-state index in [4.69, 9.17) is 5.26 Å². The molecule has 1 aromatic carbocycles. The van der Waals surface area contributed by atoms with E-state index in [0.717, 1.165) is 5.56 Å². The first-order valence-corrected chi connectivity index (χ1v) is 6.09. The standard InChI is InChI=1S/C10H13N3O2S/c1-13(2)12-16(14,15)10-5-3-9(4-6-10)7-8-11/h3-6,12H,7H2,1-2H3. The van der Waals surface area contributed by atoms with Gasteiger partial charge < -0.3 is 0 Å². The summed E-state index contributed by atoms with van der Waals surface area (Å²) < 4.78 is 23.4. The lowest BCUT2D eigenvalue weighted by Crippen LogP contribution is -2.36. The topological polar surface area (TPSA) is 73.2 Å². The van der Waals surface area contributed by atoms with Crippen LogP contribution in [0.15, 0.2) is 29.2 Å². The molecule has 1 aromatic rings. The van der Waals surface area contributed by atoms with Gasteiger partial charge in [0.15, 0.2) is 0 Å². The van der Waals surface area contributed by atoms with Crippen LogP contribution < -0.4 is 4.83 Å². The predicted octanol–water partition coefficient (Wildman–Crippen LogP) is 0.508. The lowest BCUT2D eigenvalue weighted by Gasteiger charge is -2.12. The zero-order valence-corrected chi connectivity index (χ0v) is 9.95. The van der Waals surface area contributed by atoms with E-state index in [0.29, 0.717) is 0 Å². The molecular formula is C10H13N3O2S. The van der Waals surface area contributed by atoms with Gasteiger partial charge in [-0.1, -0.05) is 12.1 Å². The number of nitrogens with one attached hydrogen (secondary N) is 1. The van der Waals surface area contributed by atoms with Crippen LogP contribution in [0, 0.1) is 11.3 Å². The molecule has 0 heterocycles. The Morgan fingerprint density at radius 1 is 1.31 bits per heavy atom. The maximum absolute atomic E-state index is 11.7. The first-order valence-electron chi connectivity index (χ1n) is 4.61. The van der Waals surface area contributed by atoms with Crippen LogP contribution in [-0.4, -0.2) is 27.5 Å². The van der Waals surface area contributed by atoms with E-state index < -0.39 is 10.0 Å². The molecule has 0 aromatic heterocycles. The van der Waals surface area contributed by atoms with Gasteiger partial charge in [-0.05, 0) is 17.7 Å². The van der Waals surface area contributed by atoms with Crippen molar-refractivity contribution in [2.24, 2.45) is 0 Å². The van der Waals surface area contributed by atoms with Crippen LogP contribution >= 0.6 is 0 Å². The van der Waals surface area contributed by atoms with Gasteiger partial charge in [-0.25, -0.2) is 13.4 Å². The van der Waals surface area contributed by atoms with E-state index >= 15 is 0 Å². The Morgan fingerprint density at radius 3 is 2.31 bits per heavy atom. The molecule has 6 heteroatoms. The Kier molecular flexibility index (Phi) is 4.01. The second-order valence-corrected chi connectivity index (χ2v) is 5.13. The third kappa shape index (κ3) is 3.31. The van der Waals surface area contributed by atoms with Crippen molar-refractivity contribution < 1.29 is 8.42 Å². The van der Waals surface area contributed by atoms with Crippen molar-refractivity contribution in [2.75, 3.05) is 14.1 Å². The Hall–Kier alpha value is -1.42. The van der Waals surface area contributed by atoms with Crippen LogP contribution in [0.25, 0.3) is 0 Å². The van der Waals surface area contributed by atoms with E-state index in [1.54, 1.807) is 26.2 Å². The fourth-order valence-corrected chi connectivity index (χ4v) is 2.25. The predicted molar refractivity (Wildman–Crippen MR) is 59.8 cm³/mol. The molecule has 0 bridgehead atoms. The normalized spacial score (nSPS) is 11.4. The largest absolute Gasteiger partial charge is 0.253 e. The molecule has 1 N–H and O–H groups in total. The number of hydrazine groups is 1. The van der Waals surface area contributed by atoms with Crippen LogP contribution in [0.3, 0.4) is 0 Å².